The summed E-state index contributed by atoms with van der Waals surface area (Å²) >= 11 is 1.33. The molecule has 0 aliphatic rings. The lowest BCUT2D eigenvalue weighted by atomic mass is 10.2. The van der Waals surface area contributed by atoms with Gasteiger partial charge in [0.05, 0.1) is 5.69 Å². The third-order valence-electron chi connectivity index (χ3n) is 2.84. The molecule has 0 fully saturated rings. The molecule has 1 aromatic heterocycles. The Morgan fingerprint density at radius 2 is 1.92 bits per heavy atom. The molecule has 0 unspecified atom stereocenters. The first-order chi connectivity index (χ1) is 11.3. The summed E-state index contributed by atoms with van der Waals surface area (Å²) in [6.45, 7) is 0.000692. The van der Waals surface area contributed by atoms with Crippen molar-refractivity contribution in [2.24, 2.45) is 0 Å². The van der Waals surface area contributed by atoms with Gasteiger partial charge in [-0.25, -0.2) is 9.97 Å². The molecule has 0 aliphatic carbocycles. The van der Waals surface area contributed by atoms with E-state index in [4.69, 9.17) is 0 Å². The number of amides is 1. The minimum Gasteiger partial charge on any atom is -0.484 e. The molecule has 2 rings (SSSR count). The average molecular weight is 357 g/mol. The summed E-state index contributed by atoms with van der Waals surface area (Å²) in [4.78, 5) is 21.6. The van der Waals surface area contributed by atoms with Gasteiger partial charge in [0.25, 0.3) is 0 Å². The second-order valence-corrected chi connectivity index (χ2v) is 5.43. The summed E-state index contributed by atoms with van der Waals surface area (Å²) in [5, 5.41) is 0.504. The highest BCUT2D eigenvalue weighted by molar-refractivity contribution is 7.98. The van der Waals surface area contributed by atoms with Gasteiger partial charge in [-0.1, -0.05) is 11.8 Å². The number of alkyl halides is 3. The molecule has 1 heterocycles. The van der Waals surface area contributed by atoms with Crippen LogP contribution in [0, 0.1) is 0 Å². The summed E-state index contributed by atoms with van der Waals surface area (Å²) in [5.41, 5.74) is 0.465. The van der Waals surface area contributed by atoms with Gasteiger partial charge in [-0.2, -0.15) is 13.2 Å². The number of ether oxygens (including phenoxy) is 1. The molecule has 0 radical (unpaired) electrons. The van der Waals surface area contributed by atoms with Crippen LogP contribution in [0.15, 0.2) is 41.7 Å². The van der Waals surface area contributed by atoms with Gasteiger partial charge in [0.1, 0.15) is 11.6 Å². The molecule has 0 atom stereocenters. The predicted molar refractivity (Wildman–Crippen MR) is 84.6 cm³/mol. The second kappa shape index (κ2) is 7.52. The summed E-state index contributed by atoms with van der Waals surface area (Å²) in [6, 6.07) is 7.30. The Hall–Kier alpha value is -2.29. The molecular weight excluding hydrogens is 343 g/mol. The average Bonchev–Trinajstić information content (AvgIpc) is 2.53. The zero-order valence-corrected chi connectivity index (χ0v) is 13.7. The van der Waals surface area contributed by atoms with E-state index < -0.39 is 12.8 Å². The highest BCUT2D eigenvalue weighted by Gasteiger charge is 2.28. The van der Waals surface area contributed by atoms with E-state index in [0.717, 1.165) is 0 Å². The predicted octanol–water partition coefficient (Wildman–Crippen LogP) is 3.82. The van der Waals surface area contributed by atoms with Crippen LogP contribution in [0.2, 0.25) is 0 Å². The number of nitrogens with zero attached hydrogens (tertiary/aromatic N) is 3. The smallest absolute Gasteiger partial charge is 0.422 e. The van der Waals surface area contributed by atoms with E-state index in [1.807, 2.05) is 6.26 Å². The van der Waals surface area contributed by atoms with Gasteiger partial charge in [-0.05, 0) is 36.6 Å². The molecule has 0 bridgehead atoms. The number of benzene rings is 1. The lowest BCUT2D eigenvalue weighted by Gasteiger charge is -2.20. The fraction of sp³-hybridized carbons (Fsp3) is 0.267. The van der Waals surface area contributed by atoms with Crippen molar-refractivity contribution in [3.8, 4) is 5.75 Å². The Balaban J connectivity index is 2.24. The number of rotatable bonds is 5. The van der Waals surface area contributed by atoms with Crippen molar-refractivity contribution >= 4 is 29.2 Å². The molecule has 2 aromatic rings. The number of hydrogen-bond donors (Lipinski definition) is 0. The van der Waals surface area contributed by atoms with Gasteiger partial charge >= 0.3 is 6.18 Å². The van der Waals surface area contributed by atoms with Crippen molar-refractivity contribution in [3.63, 3.8) is 0 Å². The first-order valence-corrected chi connectivity index (χ1v) is 8.00. The van der Waals surface area contributed by atoms with E-state index >= 15 is 0 Å². The molecule has 0 saturated heterocycles. The first kappa shape index (κ1) is 18.1. The second-order valence-electron chi connectivity index (χ2n) is 4.65. The third-order valence-corrected chi connectivity index (χ3v) is 3.40. The largest absolute Gasteiger partial charge is 0.484 e. The summed E-state index contributed by atoms with van der Waals surface area (Å²) in [7, 11) is 0. The van der Waals surface area contributed by atoms with Gasteiger partial charge in [-0.15, -0.1) is 0 Å². The number of carbonyl (C=O) groups is 1. The molecule has 24 heavy (non-hydrogen) atoms. The van der Waals surface area contributed by atoms with Crippen molar-refractivity contribution in [3.05, 3.63) is 36.5 Å². The van der Waals surface area contributed by atoms with Crippen LogP contribution in [0.5, 0.6) is 5.75 Å². The SMILES string of the molecule is CSc1nccc(N(C(C)=O)c2ccc(OCC(F)(F)F)cc2)n1. The lowest BCUT2D eigenvalue weighted by molar-refractivity contribution is -0.153. The summed E-state index contributed by atoms with van der Waals surface area (Å²) in [6.07, 6.45) is -1.06. The molecule has 1 aromatic carbocycles. The van der Waals surface area contributed by atoms with Crippen molar-refractivity contribution < 1.29 is 22.7 Å². The Morgan fingerprint density at radius 3 is 2.46 bits per heavy atom. The van der Waals surface area contributed by atoms with E-state index in [9.17, 15) is 18.0 Å². The van der Waals surface area contributed by atoms with Crippen LogP contribution in [0.3, 0.4) is 0 Å². The highest BCUT2D eigenvalue weighted by Crippen LogP contribution is 2.27. The van der Waals surface area contributed by atoms with Crippen LogP contribution < -0.4 is 9.64 Å². The van der Waals surface area contributed by atoms with Crippen LogP contribution in [0.25, 0.3) is 0 Å². The van der Waals surface area contributed by atoms with E-state index in [2.05, 4.69) is 14.7 Å². The Bertz CT molecular complexity index is 708. The standard InChI is InChI=1S/C15H14F3N3O2S/c1-10(22)21(13-7-8-19-14(20-13)24-2)11-3-5-12(6-4-11)23-9-15(16,17)18/h3-8H,9H2,1-2H3. The fourth-order valence-electron chi connectivity index (χ4n) is 1.89. The molecule has 0 spiro atoms. The molecule has 128 valence electrons. The third kappa shape index (κ3) is 4.85. The first-order valence-electron chi connectivity index (χ1n) is 6.77. The molecule has 0 saturated carbocycles. The quantitative estimate of drug-likeness (QED) is 0.601. The van der Waals surface area contributed by atoms with Crippen molar-refractivity contribution in [1.82, 2.24) is 9.97 Å². The van der Waals surface area contributed by atoms with Crippen molar-refractivity contribution in [2.45, 2.75) is 18.3 Å². The van der Waals surface area contributed by atoms with Gasteiger partial charge in [0.15, 0.2) is 11.8 Å². The van der Waals surface area contributed by atoms with E-state index in [1.165, 1.54) is 54.0 Å². The van der Waals surface area contributed by atoms with Crippen LogP contribution in [0.4, 0.5) is 24.7 Å². The number of thioether (sulfide) groups is 1. The monoisotopic (exact) mass is 357 g/mol. The number of aromatic nitrogens is 2. The Morgan fingerprint density at radius 1 is 1.25 bits per heavy atom. The highest BCUT2D eigenvalue weighted by atomic mass is 32.2. The number of anilines is 2. The summed E-state index contributed by atoms with van der Waals surface area (Å²) in [5.74, 6) is 0.155. The molecular formula is C15H14F3N3O2S. The Kier molecular flexibility index (Phi) is 5.66. The number of carbonyl (C=O) groups excluding carboxylic acids is 1. The normalized spacial score (nSPS) is 11.2. The molecule has 0 aliphatic heterocycles. The van der Waals surface area contributed by atoms with E-state index in [-0.39, 0.29) is 11.7 Å². The molecule has 9 heteroatoms. The van der Waals surface area contributed by atoms with Gasteiger partial charge in [-0.3, -0.25) is 9.69 Å². The van der Waals surface area contributed by atoms with Gasteiger partial charge < -0.3 is 4.74 Å². The zero-order valence-electron chi connectivity index (χ0n) is 12.9. The zero-order chi connectivity index (χ0) is 17.7. The fourth-order valence-corrected chi connectivity index (χ4v) is 2.24. The van der Waals surface area contributed by atoms with Gasteiger partial charge in [0, 0.05) is 13.1 Å². The van der Waals surface area contributed by atoms with Crippen molar-refractivity contribution in [2.75, 3.05) is 17.8 Å². The lowest BCUT2D eigenvalue weighted by Crippen LogP contribution is -2.24. The maximum absolute atomic E-state index is 12.2. The molecule has 5 nitrogen and oxygen atoms in total. The van der Waals surface area contributed by atoms with E-state index in [1.54, 1.807) is 6.07 Å². The van der Waals surface area contributed by atoms with Crippen LogP contribution in [-0.4, -0.2) is 34.9 Å². The van der Waals surface area contributed by atoms with Gasteiger partial charge in [0.2, 0.25) is 5.91 Å². The minimum absolute atomic E-state index is 0.0621. The maximum atomic E-state index is 12.2. The number of hydrogen-bond acceptors (Lipinski definition) is 5. The van der Waals surface area contributed by atoms with Crippen LogP contribution >= 0.6 is 11.8 Å². The topological polar surface area (TPSA) is 55.3 Å². The number of halogens is 3. The van der Waals surface area contributed by atoms with Crippen molar-refractivity contribution in [1.29, 1.82) is 0 Å². The Labute approximate surface area is 140 Å². The van der Waals surface area contributed by atoms with Crippen LogP contribution in [-0.2, 0) is 4.79 Å². The summed E-state index contributed by atoms with van der Waals surface area (Å²) < 4.78 is 41.1. The van der Waals surface area contributed by atoms with Crippen LogP contribution in [0.1, 0.15) is 6.92 Å². The van der Waals surface area contributed by atoms with E-state index in [0.29, 0.717) is 16.7 Å². The molecule has 1 amide bonds. The minimum atomic E-state index is -4.40. The maximum Gasteiger partial charge on any atom is 0.422 e. The molecule has 0 N–H and O–H groups in total.